The van der Waals surface area contributed by atoms with Gasteiger partial charge in [0.25, 0.3) is 0 Å². The van der Waals surface area contributed by atoms with E-state index in [-0.39, 0.29) is 5.97 Å². The average molecular weight is 253 g/mol. The molecular formula is C13H19NO4. The normalized spacial score (nSPS) is 11.8. The van der Waals surface area contributed by atoms with E-state index in [1.165, 1.54) is 7.11 Å². The Morgan fingerprint density at radius 3 is 2.33 bits per heavy atom. The molecule has 0 saturated heterocycles. The number of carbonyl (C=O) groups is 1. The van der Waals surface area contributed by atoms with Crippen molar-refractivity contribution in [1.29, 1.82) is 0 Å². The molecule has 0 saturated carbocycles. The summed E-state index contributed by atoms with van der Waals surface area (Å²) < 4.78 is 15.4. The number of rotatable bonds is 5. The van der Waals surface area contributed by atoms with Crippen LogP contribution >= 0.6 is 0 Å². The van der Waals surface area contributed by atoms with Crippen molar-refractivity contribution in [2.75, 3.05) is 28.4 Å². The molecule has 1 atom stereocenters. The zero-order valence-corrected chi connectivity index (χ0v) is 11.4. The van der Waals surface area contributed by atoms with E-state index in [1.54, 1.807) is 33.4 Å². The number of nitrogens with one attached hydrogen (secondary N) is 1. The van der Waals surface area contributed by atoms with Gasteiger partial charge in [0.2, 0.25) is 0 Å². The maximum absolute atomic E-state index is 11.7. The number of benzene rings is 1. The van der Waals surface area contributed by atoms with Crippen LogP contribution in [0.2, 0.25) is 0 Å². The molecule has 5 nitrogen and oxygen atoms in total. The van der Waals surface area contributed by atoms with Crippen LogP contribution in [0, 0.1) is 6.92 Å². The second-order valence-corrected chi connectivity index (χ2v) is 3.76. The smallest absolute Gasteiger partial charge is 0.327 e. The van der Waals surface area contributed by atoms with Crippen LogP contribution in [0.1, 0.15) is 17.2 Å². The molecule has 18 heavy (non-hydrogen) atoms. The van der Waals surface area contributed by atoms with Gasteiger partial charge in [-0.3, -0.25) is 0 Å². The number of likely N-dealkylation sites (N-methyl/N-ethyl adjacent to an activating group) is 1. The molecule has 1 aromatic carbocycles. The molecule has 0 aromatic heterocycles. The first-order valence-corrected chi connectivity index (χ1v) is 5.57. The van der Waals surface area contributed by atoms with E-state index in [0.29, 0.717) is 5.75 Å². The summed E-state index contributed by atoms with van der Waals surface area (Å²) in [5.74, 6) is 0.981. The van der Waals surface area contributed by atoms with Gasteiger partial charge in [-0.1, -0.05) is 0 Å². The molecule has 0 bridgehead atoms. The molecule has 1 unspecified atom stereocenters. The molecule has 5 heteroatoms. The van der Waals surface area contributed by atoms with Crippen LogP contribution in [0.4, 0.5) is 0 Å². The Morgan fingerprint density at radius 1 is 1.22 bits per heavy atom. The van der Waals surface area contributed by atoms with Crippen LogP contribution in [0.25, 0.3) is 0 Å². The Hall–Kier alpha value is -1.75. The Morgan fingerprint density at radius 2 is 1.89 bits per heavy atom. The van der Waals surface area contributed by atoms with Gasteiger partial charge < -0.3 is 19.5 Å². The monoisotopic (exact) mass is 253 g/mol. The number of methoxy groups -OCH3 is 3. The van der Waals surface area contributed by atoms with Crippen molar-refractivity contribution in [3.63, 3.8) is 0 Å². The Labute approximate surface area is 107 Å². The molecule has 0 aliphatic heterocycles. The van der Waals surface area contributed by atoms with Crippen molar-refractivity contribution >= 4 is 5.97 Å². The maximum atomic E-state index is 11.7. The van der Waals surface area contributed by atoms with Crippen LogP contribution in [0.15, 0.2) is 12.1 Å². The minimum Gasteiger partial charge on any atom is -0.496 e. The fourth-order valence-corrected chi connectivity index (χ4v) is 1.93. The number of esters is 1. The molecular weight excluding hydrogens is 234 g/mol. The lowest BCUT2D eigenvalue weighted by molar-refractivity contribution is -0.143. The first-order chi connectivity index (χ1) is 8.60. The van der Waals surface area contributed by atoms with Gasteiger partial charge in [-0.15, -0.1) is 0 Å². The Balaban J connectivity index is 3.31. The second kappa shape index (κ2) is 6.26. The van der Waals surface area contributed by atoms with Crippen LogP contribution in [-0.4, -0.2) is 34.3 Å². The lowest BCUT2D eigenvalue weighted by atomic mass is 10.0. The topological polar surface area (TPSA) is 56.8 Å². The van der Waals surface area contributed by atoms with Crippen molar-refractivity contribution < 1.29 is 19.0 Å². The minimum absolute atomic E-state index is 0.361. The summed E-state index contributed by atoms with van der Waals surface area (Å²) in [4.78, 5) is 11.7. The molecule has 100 valence electrons. The first kappa shape index (κ1) is 14.3. The summed E-state index contributed by atoms with van der Waals surface area (Å²) >= 11 is 0. The van der Waals surface area contributed by atoms with Crippen molar-refractivity contribution in [3.05, 3.63) is 23.3 Å². The van der Waals surface area contributed by atoms with Gasteiger partial charge in [-0.05, 0) is 26.1 Å². The van der Waals surface area contributed by atoms with Gasteiger partial charge in [-0.2, -0.15) is 0 Å². The van der Waals surface area contributed by atoms with Gasteiger partial charge in [0.15, 0.2) is 0 Å². The third-order valence-corrected chi connectivity index (χ3v) is 2.85. The largest absolute Gasteiger partial charge is 0.496 e. The number of hydrogen-bond donors (Lipinski definition) is 1. The van der Waals surface area contributed by atoms with E-state index < -0.39 is 6.04 Å². The van der Waals surface area contributed by atoms with Crippen LogP contribution < -0.4 is 14.8 Å². The lowest BCUT2D eigenvalue weighted by Crippen LogP contribution is -2.27. The highest BCUT2D eigenvalue weighted by Crippen LogP contribution is 2.34. The van der Waals surface area contributed by atoms with Crippen molar-refractivity contribution in [3.8, 4) is 11.5 Å². The van der Waals surface area contributed by atoms with Gasteiger partial charge in [0.1, 0.15) is 17.5 Å². The fraction of sp³-hybridized carbons (Fsp3) is 0.462. The maximum Gasteiger partial charge on any atom is 0.327 e. The second-order valence-electron chi connectivity index (χ2n) is 3.76. The Kier molecular flexibility index (Phi) is 4.97. The quantitative estimate of drug-likeness (QED) is 0.805. The number of ether oxygens (including phenoxy) is 3. The molecule has 0 spiro atoms. The predicted molar refractivity (Wildman–Crippen MR) is 68.1 cm³/mol. The average Bonchev–Trinajstić information content (AvgIpc) is 2.39. The van der Waals surface area contributed by atoms with Crippen molar-refractivity contribution in [1.82, 2.24) is 5.32 Å². The fourth-order valence-electron chi connectivity index (χ4n) is 1.93. The van der Waals surface area contributed by atoms with Gasteiger partial charge in [-0.25, -0.2) is 4.79 Å². The molecule has 0 radical (unpaired) electrons. The van der Waals surface area contributed by atoms with Gasteiger partial charge >= 0.3 is 5.97 Å². The minimum atomic E-state index is -0.561. The zero-order chi connectivity index (χ0) is 13.7. The summed E-state index contributed by atoms with van der Waals surface area (Å²) in [5.41, 5.74) is 1.58. The van der Waals surface area contributed by atoms with Crippen LogP contribution in [-0.2, 0) is 9.53 Å². The van der Waals surface area contributed by atoms with E-state index in [9.17, 15) is 4.79 Å². The molecule has 0 heterocycles. The van der Waals surface area contributed by atoms with Gasteiger partial charge in [0.05, 0.1) is 21.3 Å². The third-order valence-electron chi connectivity index (χ3n) is 2.85. The van der Waals surface area contributed by atoms with Crippen molar-refractivity contribution in [2.45, 2.75) is 13.0 Å². The summed E-state index contributed by atoms with van der Waals surface area (Å²) in [6, 6.07) is 3.04. The molecule has 0 fully saturated rings. The van der Waals surface area contributed by atoms with E-state index >= 15 is 0 Å². The van der Waals surface area contributed by atoms with Crippen molar-refractivity contribution in [2.24, 2.45) is 0 Å². The summed E-state index contributed by atoms with van der Waals surface area (Å²) in [7, 11) is 6.21. The molecule has 0 aliphatic carbocycles. The van der Waals surface area contributed by atoms with E-state index in [2.05, 4.69) is 5.32 Å². The highest BCUT2D eigenvalue weighted by atomic mass is 16.5. The number of hydrogen-bond acceptors (Lipinski definition) is 5. The summed E-state index contributed by atoms with van der Waals surface area (Å²) in [5, 5.41) is 2.91. The lowest BCUT2D eigenvalue weighted by Gasteiger charge is -2.19. The summed E-state index contributed by atoms with van der Waals surface area (Å²) in [6.45, 7) is 1.88. The molecule has 0 amide bonds. The molecule has 0 aliphatic rings. The number of carbonyl (C=O) groups excluding carboxylic acids is 1. The van der Waals surface area contributed by atoms with Gasteiger partial charge in [0, 0.05) is 11.1 Å². The highest BCUT2D eigenvalue weighted by Gasteiger charge is 2.25. The third kappa shape index (κ3) is 2.56. The van der Waals surface area contributed by atoms with Crippen LogP contribution in [0.3, 0.4) is 0 Å². The Bertz CT molecular complexity index is 431. The zero-order valence-electron chi connectivity index (χ0n) is 11.4. The molecule has 1 rings (SSSR count). The van der Waals surface area contributed by atoms with E-state index in [1.807, 2.05) is 6.92 Å². The summed E-state index contributed by atoms with van der Waals surface area (Å²) in [6.07, 6.45) is 0. The highest BCUT2D eigenvalue weighted by molar-refractivity contribution is 5.79. The van der Waals surface area contributed by atoms with Crippen LogP contribution in [0.5, 0.6) is 11.5 Å². The SMILES string of the molecule is CNC(C(=O)OC)c1ccc(OC)c(C)c1OC. The predicted octanol–water partition coefficient (Wildman–Crippen LogP) is 1.45. The van der Waals surface area contributed by atoms with E-state index in [0.717, 1.165) is 16.9 Å². The molecule has 1 N–H and O–H groups in total. The standard InChI is InChI=1S/C13H19NO4/c1-8-10(16-3)7-6-9(12(8)17-4)11(14-2)13(15)18-5/h6-7,11,14H,1-5H3. The van der Waals surface area contributed by atoms with E-state index in [4.69, 9.17) is 14.2 Å². The first-order valence-electron chi connectivity index (χ1n) is 5.57. The molecule has 1 aromatic rings.